The van der Waals surface area contributed by atoms with Gasteiger partial charge in [0.05, 0.1) is 0 Å². The number of carbonyl (C=O) groups excluding carboxylic acids is 1. The average Bonchev–Trinajstić information content (AvgIpc) is 3.38. The first kappa shape index (κ1) is 15.2. The van der Waals surface area contributed by atoms with E-state index in [1.165, 1.54) is 5.56 Å². The van der Waals surface area contributed by atoms with E-state index in [0.717, 1.165) is 31.6 Å². The minimum absolute atomic E-state index is 0.222. The predicted molar refractivity (Wildman–Crippen MR) is 88.4 cm³/mol. The molecule has 3 rings (SSSR count). The summed E-state index contributed by atoms with van der Waals surface area (Å²) in [7, 11) is 1.97. The highest BCUT2D eigenvalue weighted by molar-refractivity contribution is 5.88. The van der Waals surface area contributed by atoms with Crippen LogP contribution in [0.5, 0.6) is 0 Å². The van der Waals surface area contributed by atoms with Crippen LogP contribution in [0.3, 0.4) is 0 Å². The van der Waals surface area contributed by atoms with Gasteiger partial charge in [-0.25, -0.2) is 4.79 Å². The number of urea groups is 1. The van der Waals surface area contributed by atoms with E-state index >= 15 is 0 Å². The Morgan fingerprint density at radius 2 is 2.00 bits per heavy atom. The fourth-order valence-electron chi connectivity index (χ4n) is 2.12. The summed E-state index contributed by atoms with van der Waals surface area (Å²) in [5.41, 5.74) is 1.23. The quantitative estimate of drug-likeness (QED) is 0.850. The van der Waals surface area contributed by atoms with Crippen molar-refractivity contribution in [2.45, 2.75) is 25.3 Å². The zero-order valence-corrected chi connectivity index (χ0v) is 13.1. The second-order valence-electron chi connectivity index (χ2n) is 5.68. The minimum Gasteiger partial charge on any atom is -0.358 e. The van der Waals surface area contributed by atoms with Gasteiger partial charge in [-0.05, 0) is 49.1 Å². The van der Waals surface area contributed by atoms with Crippen molar-refractivity contribution < 1.29 is 4.79 Å². The number of hydrogen-bond donors (Lipinski definition) is 2. The normalized spacial score (nSPS) is 13.4. The van der Waals surface area contributed by atoms with Crippen LogP contribution in [0, 0.1) is 0 Å². The maximum Gasteiger partial charge on any atom is 0.320 e. The summed E-state index contributed by atoms with van der Waals surface area (Å²) < 4.78 is 0. The van der Waals surface area contributed by atoms with E-state index in [4.69, 9.17) is 0 Å². The van der Waals surface area contributed by atoms with Gasteiger partial charge >= 0.3 is 6.03 Å². The third kappa shape index (κ3) is 4.64. The van der Waals surface area contributed by atoms with Crippen LogP contribution in [-0.4, -0.2) is 40.8 Å². The standard InChI is InChI=1S/C16H20N6O/c1-22(11-8-12-6-9-17-10-7-12)15-5-4-14(20-21-15)19-16(23)18-13-2-3-13/h4-7,9-10,13H,2-3,8,11H2,1H3,(H2,18,19,20,23). The molecule has 1 aliphatic carbocycles. The zero-order chi connectivity index (χ0) is 16.1. The van der Waals surface area contributed by atoms with Gasteiger partial charge in [0, 0.05) is 32.0 Å². The Hall–Kier alpha value is -2.70. The number of rotatable bonds is 6. The van der Waals surface area contributed by atoms with Gasteiger partial charge in [0.25, 0.3) is 0 Å². The monoisotopic (exact) mass is 312 g/mol. The topological polar surface area (TPSA) is 83.0 Å². The van der Waals surface area contributed by atoms with Crippen molar-refractivity contribution >= 4 is 17.7 Å². The van der Waals surface area contributed by atoms with Gasteiger partial charge in [0.15, 0.2) is 11.6 Å². The van der Waals surface area contributed by atoms with E-state index in [9.17, 15) is 4.79 Å². The molecule has 1 fully saturated rings. The first-order valence-electron chi connectivity index (χ1n) is 7.72. The second kappa shape index (κ2) is 7.04. The molecule has 0 aromatic carbocycles. The molecule has 0 bridgehead atoms. The second-order valence-corrected chi connectivity index (χ2v) is 5.68. The summed E-state index contributed by atoms with van der Waals surface area (Å²) in [4.78, 5) is 17.7. The van der Waals surface area contributed by atoms with Crippen molar-refractivity contribution in [3.05, 3.63) is 42.2 Å². The molecule has 120 valence electrons. The Balaban J connectivity index is 1.50. The van der Waals surface area contributed by atoms with Gasteiger partial charge in [-0.1, -0.05) is 0 Å². The van der Waals surface area contributed by atoms with Crippen molar-refractivity contribution in [2.24, 2.45) is 0 Å². The lowest BCUT2D eigenvalue weighted by atomic mass is 10.2. The SMILES string of the molecule is CN(CCc1ccncc1)c1ccc(NC(=O)NC2CC2)nn1. The summed E-state index contributed by atoms with van der Waals surface area (Å²) in [6, 6.07) is 7.72. The number of carbonyl (C=O) groups is 1. The van der Waals surface area contributed by atoms with Crippen LogP contribution in [0.1, 0.15) is 18.4 Å². The molecule has 0 radical (unpaired) electrons. The molecule has 2 amide bonds. The Morgan fingerprint density at radius 1 is 1.22 bits per heavy atom. The predicted octanol–water partition coefficient (Wildman–Crippen LogP) is 1.83. The maximum absolute atomic E-state index is 11.6. The Bertz CT molecular complexity index is 641. The zero-order valence-electron chi connectivity index (χ0n) is 13.1. The fraction of sp³-hybridized carbons (Fsp3) is 0.375. The van der Waals surface area contributed by atoms with E-state index in [0.29, 0.717) is 11.9 Å². The lowest BCUT2D eigenvalue weighted by Crippen LogP contribution is -2.31. The number of aromatic nitrogens is 3. The van der Waals surface area contributed by atoms with Crippen LogP contribution in [0.25, 0.3) is 0 Å². The van der Waals surface area contributed by atoms with Crippen LogP contribution in [-0.2, 0) is 6.42 Å². The third-order valence-electron chi connectivity index (χ3n) is 3.68. The van der Waals surface area contributed by atoms with E-state index in [-0.39, 0.29) is 6.03 Å². The number of likely N-dealkylation sites (N-methyl/N-ethyl adjacent to an activating group) is 1. The molecule has 0 saturated heterocycles. The summed E-state index contributed by atoms with van der Waals surface area (Å²) in [6.45, 7) is 0.827. The molecule has 0 atom stereocenters. The van der Waals surface area contributed by atoms with Crippen molar-refractivity contribution in [2.75, 3.05) is 23.8 Å². The molecule has 2 aromatic heterocycles. The summed E-state index contributed by atoms with van der Waals surface area (Å²) in [5, 5.41) is 13.7. The summed E-state index contributed by atoms with van der Waals surface area (Å²) in [5.74, 6) is 1.22. The van der Waals surface area contributed by atoms with Crippen molar-refractivity contribution in [1.82, 2.24) is 20.5 Å². The Kier molecular flexibility index (Phi) is 4.65. The Labute approximate surface area is 135 Å². The molecule has 23 heavy (non-hydrogen) atoms. The molecule has 2 N–H and O–H groups in total. The van der Waals surface area contributed by atoms with Crippen LogP contribution < -0.4 is 15.5 Å². The van der Waals surface area contributed by atoms with E-state index in [1.807, 2.05) is 30.1 Å². The highest BCUT2D eigenvalue weighted by atomic mass is 16.2. The van der Waals surface area contributed by atoms with Crippen LogP contribution >= 0.6 is 0 Å². The van der Waals surface area contributed by atoms with E-state index in [1.54, 1.807) is 18.5 Å². The highest BCUT2D eigenvalue weighted by Crippen LogP contribution is 2.18. The van der Waals surface area contributed by atoms with Crippen molar-refractivity contribution in [3.63, 3.8) is 0 Å². The number of anilines is 2. The molecule has 0 aliphatic heterocycles. The summed E-state index contributed by atoms with van der Waals surface area (Å²) >= 11 is 0. The molecular formula is C16H20N6O. The van der Waals surface area contributed by atoms with Gasteiger partial charge in [0.1, 0.15) is 0 Å². The van der Waals surface area contributed by atoms with Crippen molar-refractivity contribution in [3.8, 4) is 0 Å². The molecule has 0 spiro atoms. The smallest absolute Gasteiger partial charge is 0.320 e. The first-order valence-corrected chi connectivity index (χ1v) is 7.72. The molecule has 2 aromatic rings. The van der Waals surface area contributed by atoms with Gasteiger partial charge in [0.2, 0.25) is 0 Å². The number of pyridine rings is 1. The van der Waals surface area contributed by atoms with Crippen LogP contribution in [0.2, 0.25) is 0 Å². The largest absolute Gasteiger partial charge is 0.358 e. The third-order valence-corrected chi connectivity index (χ3v) is 3.68. The number of nitrogens with one attached hydrogen (secondary N) is 2. The van der Waals surface area contributed by atoms with Crippen molar-refractivity contribution in [1.29, 1.82) is 0 Å². The molecule has 1 saturated carbocycles. The lowest BCUT2D eigenvalue weighted by Gasteiger charge is -2.17. The average molecular weight is 312 g/mol. The molecule has 2 heterocycles. The van der Waals surface area contributed by atoms with Crippen LogP contribution in [0.15, 0.2) is 36.7 Å². The molecule has 7 heteroatoms. The van der Waals surface area contributed by atoms with Gasteiger partial charge in [-0.3, -0.25) is 10.3 Å². The molecule has 1 aliphatic rings. The minimum atomic E-state index is -0.222. The summed E-state index contributed by atoms with van der Waals surface area (Å²) in [6.07, 6.45) is 6.61. The number of amides is 2. The van der Waals surface area contributed by atoms with E-state index in [2.05, 4.69) is 25.8 Å². The maximum atomic E-state index is 11.6. The molecule has 0 unspecified atom stereocenters. The van der Waals surface area contributed by atoms with Gasteiger partial charge in [-0.15, -0.1) is 10.2 Å². The Morgan fingerprint density at radius 3 is 2.65 bits per heavy atom. The van der Waals surface area contributed by atoms with Gasteiger partial charge < -0.3 is 10.2 Å². The molecule has 7 nitrogen and oxygen atoms in total. The molecular weight excluding hydrogens is 292 g/mol. The highest BCUT2D eigenvalue weighted by Gasteiger charge is 2.23. The van der Waals surface area contributed by atoms with E-state index < -0.39 is 0 Å². The first-order chi connectivity index (χ1) is 11.2. The van der Waals surface area contributed by atoms with Crippen LogP contribution in [0.4, 0.5) is 16.4 Å². The number of nitrogens with zero attached hydrogens (tertiary/aromatic N) is 4. The fourth-order valence-corrected chi connectivity index (χ4v) is 2.12. The number of hydrogen-bond acceptors (Lipinski definition) is 5. The lowest BCUT2D eigenvalue weighted by molar-refractivity contribution is 0.251. The van der Waals surface area contributed by atoms with Gasteiger partial charge in [-0.2, -0.15) is 0 Å².